The van der Waals surface area contributed by atoms with Crippen LogP contribution in [0.1, 0.15) is 62.8 Å². The van der Waals surface area contributed by atoms with Crippen LogP contribution in [-0.4, -0.2) is 99.1 Å². The molecule has 6 aliphatic rings. The normalized spacial score (nSPS) is 26.4. The first kappa shape index (κ1) is 30.3. The van der Waals surface area contributed by atoms with Crippen LogP contribution in [-0.2, 0) is 4.74 Å². The lowest BCUT2D eigenvalue weighted by Gasteiger charge is -2.44. The first-order chi connectivity index (χ1) is 23.2. The summed E-state index contributed by atoms with van der Waals surface area (Å²) in [6.45, 7) is 2.87. The number of hydrogen-bond donors (Lipinski definition) is 3. The Bertz CT molecular complexity index is 1950. The van der Waals surface area contributed by atoms with E-state index >= 15 is 4.39 Å². The minimum atomic E-state index is -2.12. The Hall–Kier alpha value is -3.75. The van der Waals surface area contributed by atoms with Crippen LogP contribution < -0.4 is 15.0 Å². The van der Waals surface area contributed by atoms with E-state index in [1.807, 2.05) is 4.90 Å². The van der Waals surface area contributed by atoms with Gasteiger partial charge in [0.2, 0.25) is 0 Å². The molecule has 48 heavy (non-hydrogen) atoms. The second-order valence-corrected chi connectivity index (χ2v) is 14.4. The van der Waals surface area contributed by atoms with Gasteiger partial charge >= 0.3 is 12.1 Å². The molecule has 12 nitrogen and oxygen atoms in total. The highest BCUT2D eigenvalue weighted by atomic mass is 35.5. The number of piperidine rings is 1. The molecule has 0 spiro atoms. The van der Waals surface area contributed by atoms with E-state index < -0.39 is 23.1 Å². The maximum Gasteiger partial charge on any atom is 0.407 e. The molecule has 1 aliphatic carbocycles. The molecule has 6 bridgehead atoms. The van der Waals surface area contributed by atoms with Gasteiger partial charge in [-0.15, -0.1) is 0 Å². The van der Waals surface area contributed by atoms with Crippen molar-refractivity contribution in [3.8, 4) is 17.3 Å². The van der Waals surface area contributed by atoms with E-state index in [0.717, 1.165) is 50.8 Å². The average molecular weight is 673 g/mol. The van der Waals surface area contributed by atoms with Crippen molar-refractivity contribution in [1.82, 2.24) is 35.4 Å². The first-order valence-corrected chi connectivity index (χ1v) is 17.3. The molecule has 5 aliphatic heterocycles. The van der Waals surface area contributed by atoms with Crippen molar-refractivity contribution in [2.24, 2.45) is 5.92 Å². The van der Waals surface area contributed by atoms with Gasteiger partial charge in [-0.25, -0.2) is 9.18 Å². The van der Waals surface area contributed by atoms with Crippen LogP contribution >= 0.6 is 11.6 Å². The van der Waals surface area contributed by atoms with Gasteiger partial charge in [-0.2, -0.15) is 15.1 Å². The predicted octanol–water partition coefficient (Wildman–Crippen LogP) is 4.38. The molecule has 248 valence electrons. The van der Waals surface area contributed by atoms with Gasteiger partial charge in [0, 0.05) is 41.3 Å². The van der Waals surface area contributed by atoms with Crippen molar-refractivity contribution in [1.29, 1.82) is 0 Å². The molecule has 2 radical (unpaired) electrons. The van der Waals surface area contributed by atoms with Gasteiger partial charge in [0.25, 0.3) is 0 Å². The fraction of sp³-hybridized carbons (Fsp3) is 0.545. The third-order valence-corrected chi connectivity index (χ3v) is 11.5. The molecule has 4 atom stereocenters. The number of halogens is 2. The van der Waals surface area contributed by atoms with Gasteiger partial charge < -0.3 is 24.8 Å². The minimum Gasteiger partial charge on any atom is -0.450 e. The monoisotopic (exact) mass is 672 g/mol. The number of aliphatic hydroxyl groups is 1. The van der Waals surface area contributed by atoms with E-state index in [9.17, 15) is 9.90 Å². The van der Waals surface area contributed by atoms with Crippen LogP contribution in [0.5, 0.6) is 6.01 Å². The number of H-pyrrole nitrogens is 1. The average Bonchev–Trinajstić information content (AvgIpc) is 3.36. The molecule has 4 aromatic rings. The Labute approximate surface area is 282 Å². The minimum absolute atomic E-state index is 0.0169. The molecular formula is C33H35BClFN8O4. The lowest BCUT2D eigenvalue weighted by Crippen LogP contribution is -2.62. The number of ether oxygens (including phenoxy) is 2. The summed E-state index contributed by atoms with van der Waals surface area (Å²) in [4.78, 5) is 31.0. The zero-order valence-electron chi connectivity index (χ0n) is 26.3. The lowest BCUT2D eigenvalue weighted by atomic mass is 9.73. The van der Waals surface area contributed by atoms with Crippen molar-refractivity contribution < 1.29 is 23.8 Å². The van der Waals surface area contributed by atoms with E-state index in [4.69, 9.17) is 38.9 Å². The standard InChI is InChI=1S/C33H35BClFN8O4/c34-33(46,32-6-2-9-44(32)10-3-7-32)48-30-40-27-21-14-37-28(26(27)36)25-20-15-38-42-23(20)13-22(35)24(25)19-12-17(19)5-11-47-31(45)39-18-4-1-8-43(16-18)29(21)41-30/h13-15,17-19,46H,1-12,16H2,(H,38,42)(H,39,45). The summed E-state index contributed by atoms with van der Waals surface area (Å²) in [7, 11) is 6.61. The van der Waals surface area contributed by atoms with Gasteiger partial charge in [-0.3, -0.25) is 15.0 Å². The number of amides is 1. The molecule has 1 saturated carbocycles. The number of alkyl carbamates (subject to hydrolysis) is 1. The number of fused-ring (bicyclic) bond motifs is 7. The number of aromatic nitrogens is 5. The summed E-state index contributed by atoms with van der Waals surface area (Å²) in [5, 5.41) is 23.5. The SMILES string of the molecule is [B]C(O)(Oc1nc2c3cnc(c(F)c3n1)-c1c(c(Cl)cc3[nH]ncc13)C1CC1CCOC(=O)NC1CCCN2C1)C12CCCN1CCC2. The van der Waals surface area contributed by atoms with Crippen LogP contribution in [0.4, 0.5) is 15.0 Å². The van der Waals surface area contributed by atoms with Crippen LogP contribution in [0.25, 0.3) is 33.1 Å². The molecule has 8 heterocycles. The number of carbonyl (C=O) groups excluding carboxylic acids is 1. The van der Waals surface area contributed by atoms with Gasteiger partial charge in [0.05, 0.1) is 29.2 Å². The predicted molar refractivity (Wildman–Crippen MR) is 177 cm³/mol. The quantitative estimate of drug-likeness (QED) is 0.212. The van der Waals surface area contributed by atoms with E-state index in [-0.39, 0.29) is 41.7 Å². The van der Waals surface area contributed by atoms with Crippen molar-refractivity contribution in [3.63, 3.8) is 0 Å². The van der Waals surface area contributed by atoms with Gasteiger partial charge in [0.15, 0.2) is 19.3 Å². The molecule has 10 rings (SSSR count). The third kappa shape index (κ3) is 4.73. The summed E-state index contributed by atoms with van der Waals surface area (Å²) in [6.07, 6.45) is 8.81. The number of aromatic amines is 1. The lowest BCUT2D eigenvalue weighted by molar-refractivity contribution is -0.154. The smallest absolute Gasteiger partial charge is 0.407 e. The first-order valence-electron chi connectivity index (χ1n) is 16.9. The zero-order valence-corrected chi connectivity index (χ0v) is 27.1. The van der Waals surface area contributed by atoms with E-state index in [2.05, 4.69) is 25.4 Å². The maximum atomic E-state index is 17.2. The number of hydrogen-bond acceptors (Lipinski definition) is 10. The Kier molecular flexibility index (Phi) is 7.04. The second-order valence-electron chi connectivity index (χ2n) is 14.0. The topological polar surface area (TPSA) is 142 Å². The van der Waals surface area contributed by atoms with Crippen LogP contribution in [0.15, 0.2) is 18.5 Å². The highest BCUT2D eigenvalue weighted by Crippen LogP contribution is 2.56. The molecule has 4 fully saturated rings. The van der Waals surface area contributed by atoms with E-state index in [1.165, 1.54) is 0 Å². The molecule has 15 heteroatoms. The fourth-order valence-electron chi connectivity index (χ4n) is 8.82. The van der Waals surface area contributed by atoms with Gasteiger partial charge in [-0.05, 0) is 87.9 Å². The van der Waals surface area contributed by atoms with E-state index in [1.54, 1.807) is 18.5 Å². The van der Waals surface area contributed by atoms with Crippen molar-refractivity contribution in [2.45, 2.75) is 74.6 Å². The fourth-order valence-corrected chi connectivity index (χ4v) is 9.16. The number of nitrogens with one attached hydrogen (secondary N) is 2. The third-order valence-electron chi connectivity index (χ3n) is 11.2. The number of rotatable bonds is 3. The number of anilines is 1. The van der Waals surface area contributed by atoms with Crippen molar-refractivity contribution in [2.75, 3.05) is 37.7 Å². The number of pyridine rings is 1. The Balaban J connectivity index is 1.24. The molecule has 1 aromatic carbocycles. The van der Waals surface area contributed by atoms with Crippen molar-refractivity contribution in [3.05, 3.63) is 34.9 Å². The number of benzene rings is 1. The molecular weight excluding hydrogens is 638 g/mol. The highest BCUT2D eigenvalue weighted by molar-refractivity contribution is 6.33. The number of carbonyl (C=O) groups is 1. The Morgan fingerprint density at radius 2 is 1.98 bits per heavy atom. The van der Waals surface area contributed by atoms with Crippen LogP contribution in [0.2, 0.25) is 5.02 Å². The highest BCUT2D eigenvalue weighted by Gasteiger charge is 2.57. The van der Waals surface area contributed by atoms with Gasteiger partial charge in [-0.1, -0.05) is 11.6 Å². The number of nitrogens with zero attached hydrogens (tertiary/aromatic N) is 6. The second kappa shape index (κ2) is 11.1. The summed E-state index contributed by atoms with van der Waals surface area (Å²) in [5.41, 5.74) is -0.865. The molecule has 3 aromatic heterocycles. The Morgan fingerprint density at radius 1 is 1.15 bits per heavy atom. The van der Waals surface area contributed by atoms with E-state index in [0.29, 0.717) is 65.0 Å². The van der Waals surface area contributed by atoms with Crippen LogP contribution in [0, 0.1) is 11.7 Å². The van der Waals surface area contributed by atoms with Crippen molar-refractivity contribution >= 4 is 53.2 Å². The zero-order chi connectivity index (χ0) is 32.8. The largest absolute Gasteiger partial charge is 0.450 e. The summed E-state index contributed by atoms with van der Waals surface area (Å²) in [5.74, 6) is -0.0736. The summed E-state index contributed by atoms with van der Waals surface area (Å²) in [6, 6.07) is 1.34. The Morgan fingerprint density at radius 3 is 2.81 bits per heavy atom. The molecule has 1 amide bonds. The maximum absolute atomic E-state index is 17.2. The van der Waals surface area contributed by atoms with Crippen LogP contribution in [0.3, 0.4) is 0 Å². The van der Waals surface area contributed by atoms with Gasteiger partial charge in [0.1, 0.15) is 17.0 Å². The molecule has 3 N–H and O–H groups in total. The summed E-state index contributed by atoms with van der Waals surface area (Å²) >= 11 is 6.92. The molecule has 3 saturated heterocycles. The summed E-state index contributed by atoms with van der Waals surface area (Å²) < 4.78 is 29.0. The molecule has 4 unspecified atom stereocenters.